The second-order valence-electron chi connectivity index (χ2n) is 6.89. The van der Waals surface area contributed by atoms with Gasteiger partial charge in [0.05, 0.1) is 11.4 Å². The highest BCUT2D eigenvalue weighted by atomic mass is 32.2. The number of carbonyl (C=O) groups excluding carboxylic acids is 1. The third-order valence-corrected chi connectivity index (χ3v) is 6.57. The minimum atomic E-state index is -3.74. The third kappa shape index (κ3) is 4.58. The minimum absolute atomic E-state index is 0.146. The lowest BCUT2D eigenvalue weighted by molar-refractivity contribution is -0.121. The fourth-order valence-corrected chi connectivity index (χ4v) is 4.18. The summed E-state index contributed by atoms with van der Waals surface area (Å²) < 4.78 is 26.7. The van der Waals surface area contributed by atoms with Crippen molar-refractivity contribution < 1.29 is 13.2 Å². The maximum Gasteiger partial charge on any atom is 0.243 e. The van der Waals surface area contributed by atoms with Gasteiger partial charge in [0, 0.05) is 13.6 Å². The predicted molar refractivity (Wildman–Crippen MR) is 112 cm³/mol. The highest BCUT2D eigenvalue weighted by Gasteiger charge is 2.23. The lowest BCUT2D eigenvalue weighted by atomic mass is 10.0. The largest absolute Gasteiger partial charge is 0.354 e. The number of nitrogens with one attached hydrogen (secondary N) is 1. The average molecular weight is 397 g/mol. The summed E-state index contributed by atoms with van der Waals surface area (Å²) in [6, 6.07) is 22.4. The quantitative estimate of drug-likeness (QED) is 0.666. The van der Waals surface area contributed by atoms with Gasteiger partial charge in [-0.3, -0.25) is 4.79 Å². The van der Waals surface area contributed by atoms with Crippen LogP contribution in [0.25, 0.3) is 10.8 Å². The summed E-state index contributed by atoms with van der Waals surface area (Å²) in [5.74, 6) is -0.179. The van der Waals surface area contributed by atoms with Crippen LogP contribution < -0.4 is 5.32 Å². The Balaban J connectivity index is 1.63. The van der Waals surface area contributed by atoms with Gasteiger partial charge in [-0.1, -0.05) is 67.6 Å². The number of carbonyl (C=O) groups is 1. The van der Waals surface area contributed by atoms with Gasteiger partial charge >= 0.3 is 0 Å². The van der Waals surface area contributed by atoms with Crippen molar-refractivity contribution in [3.05, 3.63) is 78.4 Å². The number of benzene rings is 3. The van der Waals surface area contributed by atoms with Crippen LogP contribution in [0, 0.1) is 0 Å². The molecule has 3 aromatic carbocycles. The Morgan fingerprint density at radius 3 is 2.32 bits per heavy atom. The van der Waals surface area contributed by atoms with Crippen LogP contribution in [-0.4, -0.2) is 38.8 Å². The van der Waals surface area contributed by atoms with E-state index in [0.717, 1.165) is 20.6 Å². The molecule has 0 bridgehead atoms. The van der Waals surface area contributed by atoms with Crippen molar-refractivity contribution in [2.75, 3.05) is 20.1 Å². The van der Waals surface area contributed by atoms with Gasteiger partial charge in [0.25, 0.3) is 0 Å². The Hall–Kier alpha value is -2.70. The number of amides is 1. The van der Waals surface area contributed by atoms with Crippen molar-refractivity contribution >= 4 is 26.7 Å². The molecule has 0 aliphatic carbocycles. The molecule has 0 aliphatic rings. The maximum absolute atomic E-state index is 12.8. The first-order valence-electron chi connectivity index (χ1n) is 9.15. The SMILES string of the molecule is CC(CNC(=O)CN(C)S(=O)(=O)c1ccc2ccccc2c1)c1ccccc1. The molecule has 1 N–H and O–H groups in total. The Morgan fingerprint density at radius 2 is 1.61 bits per heavy atom. The second kappa shape index (κ2) is 8.54. The van der Waals surface area contributed by atoms with Crippen molar-refractivity contribution in [1.29, 1.82) is 0 Å². The van der Waals surface area contributed by atoms with Crippen molar-refractivity contribution in [2.45, 2.75) is 17.7 Å². The molecule has 1 unspecified atom stereocenters. The van der Waals surface area contributed by atoms with Gasteiger partial charge in [0.1, 0.15) is 0 Å². The minimum Gasteiger partial charge on any atom is -0.354 e. The van der Waals surface area contributed by atoms with E-state index in [1.165, 1.54) is 7.05 Å². The second-order valence-corrected chi connectivity index (χ2v) is 8.93. The molecule has 0 heterocycles. The van der Waals surface area contributed by atoms with E-state index >= 15 is 0 Å². The average Bonchev–Trinajstić information content (AvgIpc) is 2.72. The van der Waals surface area contributed by atoms with Gasteiger partial charge in [-0.25, -0.2) is 8.42 Å². The number of sulfonamides is 1. The Kier molecular flexibility index (Phi) is 6.11. The zero-order chi connectivity index (χ0) is 20.1. The number of hydrogen-bond acceptors (Lipinski definition) is 3. The highest BCUT2D eigenvalue weighted by Crippen LogP contribution is 2.21. The number of nitrogens with zero attached hydrogens (tertiary/aromatic N) is 1. The summed E-state index contributed by atoms with van der Waals surface area (Å²) in [5.41, 5.74) is 1.12. The van der Waals surface area contributed by atoms with E-state index in [1.54, 1.807) is 18.2 Å². The van der Waals surface area contributed by atoms with Crippen LogP contribution in [0.4, 0.5) is 0 Å². The van der Waals surface area contributed by atoms with Crippen molar-refractivity contribution in [3.63, 3.8) is 0 Å². The van der Waals surface area contributed by atoms with Crippen molar-refractivity contribution in [1.82, 2.24) is 9.62 Å². The Labute approximate surface area is 166 Å². The molecule has 1 atom stereocenters. The first kappa shape index (κ1) is 20.0. The molecule has 0 spiro atoms. The molecule has 3 aromatic rings. The van der Waals surface area contributed by atoms with Crippen LogP contribution in [-0.2, 0) is 14.8 Å². The summed E-state index contributed by atoms with van der Waals surface area (Å²) in [6.07, 6.45) is 0. The fourth-order valence-electron chi connectivity index (χ4n) is 3.02. The van der Waals surface area contributed by atoms with Crippen molar-refractivity contribution in [2.24, 2.45) is 0 Å². The Morgan fingerprint density at radius 1 is 0.964 bits per heavy atom. The molecule has 5 nitrogen and oxygen atoms in total. The lowest BCUT2D eigenvalue weighted by Crippen LogP contribution is -2.39. The molecule has 6 heteroatoms. The molecule has 146 valence electrons. The fraction of sp³-hybridized carbons (Fsp3) is 0.227. The summed E-state index contributed by atoms with van der Waals surface area (Å²) in [4.78, 5) is 12.4. The van der Waals surface area contributed by atoms with E-state index < -0.39 is 10.0 Å². The van der Waals surface area contributed by atoms with Crippen LogP contribution in [0.15, 0.2) is 77.7 Å². The number of likely N-dealkylation sites (N-methyl/N-ethyl adjacent to an activating group) is 1. The van der Waals surface area contributed by atoms with Crippen LogP contribution >= 0.6 is 0 Å². The zero-order valence-electron chi connectivity index (χ0n) is 16.0. The number of fused-ring (bicyclic) bond motifs is 1. The normalized spacial score (nSPS) is 12.8. The smallest absolute Gasteiger partial charge is 0.243 e. The van der Waals surface area contributed by atoms with Gasteiger partial charge in [-0.15, -0.1) is 0 Å². The standard InChI is InChI=1S/C22H24N2O3S/c1-17(18-8-4-3-5-9-18)15-23-22(25)16-24(2)28(26,27)21-13-12-19-10-6-7-11-20(19)14-21/h3-14,17H,15-16H2,1-2H3,(H,23,25). The first-order valence-corrected chi connectivity index (χ1v) is 10.6. The van der Waals surface area contributed by atoms with E-state index in [2.05, 4.69) is 5.32 Å². The molecule has 0 aromatic heterocycles. The molecule has 0 radical (unpaired) electrons. The summed E-state index contributed by atoms with van der Waals surface area (Å²) in [7, 11) is -2.32. The Bertz CT molecular complexity index is 1070. The molecule has 3 rings (SSSR count). The van der Waals surface area contributed by atoms with Crippen LogP contribution in [0.5, 0.6) is 0 Å². The molecule has 0 fully saturated rings. The maximum atomic E-state index is 12.8. The molecule has 0 saturated carbocycles. The summed E-state index contributed by atoms with van der Waals surface area (Å²) in [5, 5.41) is 4.63. The molecule has 0 aliphatic heterocycles. The zero-order valence-corrected chi connectivity index (χ0v) is 16.8. The summed E-state index contributed by atoms with van der Waals surface area (Å²) in [6.45, 7) is 2.24. The van der Waals surface area contributed by atoms with E-state index in [-0.39, 0.29) is 23.3 Å². The molecule has 28 heavy (non-hydrogen) atoms. The topological polar surface area (TPSA) is 66.5 Å². The third-order valence-electron chi connectivity index (χ3n) is 4.77. The number of hydrogen-bond donors (Lipinski definition) is 1. The van der Waals surface area contributed by atoms with Gasteiger partial charge in [-0.05, 0) is 34.4 Å². The summed E-state index contributed by atoms with van der Waals surface area (Å²) >= 11 is 0. The lowest BCUT2D eigenvalue weighted by Gasteiger charge is -2.18. The number of rotatable bonds is 7. The van der Waals surface area contributed by atoms with Crippen LogP contribution in [0.2, 0.25) is 0 Å². The molecule has 1 amide bonds. The van der Waals surface area contributed by atoms with Crippen molar-refractivity contribution in [3.8, 4) is 0 Å². The van der Waals surface area contributed by atoms with Gasteiger partial charge in [0.15, 0.2) is 0 Å². The van der Waals surface area contributed by atoms with Gasteiger partial charge in [-0.2, -0.15) is 4.31 Å². The van der Waals surface area contributed by atoms with Crippen LogP contribution in [0.3, 0.4) is 0 Å². The van der Waals surface area contributed by atoms with Gasteiger partial charge < -0.3 is 5.32 Å². The van der Waals surface area contributed by atoms with E-state index in [9.17, 15) is 13.2 Å². The van der Waals surface area contributed by atoms with Gasteiger partial charge in [0.2, 0.25) is 15.9 Å². The molecular weight excluding hydrogens is 372 g/mol. The monoisotopic (exact) mass is 396 g/mol. The molecular formula is C22H24N2O3S. The first-order chi connectivity index (χ1) is 13.4. The van der Waals surface area contributed by atoms with E-state index in [1.807, 2.05) is 61.5 Å². The molecule has 0 saturated heterocycles. The highest BCUT2D eigenvalue weighted by molar-refractivity contribution is 7.89. The van der Waals surface area contributed by atoms with E-state index in [4.69, 9.17) is 0 Å². The van der Waals surface area contributed by atoms with Crippen LogP contribution in [0.1, 0.15) is 18.4 Å². The predicted octanol–water partition coefficient (Wildman–Crippen LogP) is 3.38. The van der Waals surface area contributed by atoms with E-state index in [0.29, 0.717) is 6.54 Å².